The summed E-state index contributed by atoms with van der Waals surface area (Å²) in [5.74, 6) is 0.0648. The van der Waals surface area contributed by atoms with Crippen molar-refractivity contribution in [3.63, 3.8) is 0 Å². The zero-order chi connectivity index (χ0) is 16.7. The third kappa shape index (κ3) is 2.32. The first-order chi connectivity index (χ1) is 11.7. The Morgan fingerprint density at radius 3 is 2.46 bits per heavy atom. The Balaban J connectivity index is 1.93. The predicted molar refractivity (Wildman–Crippen MR) is 99.7 cm³/mol. The van der Waals surface area contributed by atoms with Crippen LogP contribution in [-0.2, 0) is 0 Å². The first-order valence-electron chi connectivity index (χ1n) is 8.09. The fourth-order valence-electron chi connectivity index (χ4n) is 2.97. The van der Waals surface area contributed by atoms with Gasteiger partial charge in [-0.25, -0.2) is 9.97 Å². The van der Waals surface area contributed by atoms with E-state index in [1.54, 1.807) is 11.3 Å². The summed E-state index contributed by atoms with van der Waals surface area (Å²) in [6.45, 7) is 5.42. The van der Waals surface area contributed by atoms with Crippen molar-refractivity contribution in [3.05, 3.63) is 48.0 Å². The summed E-state index contributed by atoms with van der Waals surface area (Å²) in [5, 5.41) is 1.01. The van der Waals surface area contributed by atoms with Gasteiger partial charge in [-0.1, -0.05) is 12.1 Å². The molecule has 0 atom stereocenters. The van der Waals surface area contributed by atoms with Gasteiger partial charge in [-0.3, -0.25) is 4.79 Å². The van der Waals surface area contributed by atoms with Crippen molar-refractivity contribution in [1.82, 2.24) is 14.9 Å². The maximum Gasteiger partial charge on any atom is 0.253 e. The number of benzene rings is 2. The molecule has 0 aliphatic carbocycles. The van der Waals surface area contributed by atoms with Crippen molar-refractivity contribution in [2.45, 2.75) is 13.8 Å². The van der Waals surface area contributed by atoms with E-state index in [0.29, 0.717) is 18.7 Å². The Hall–Kier alpha value is -2.53. The number of hydrogen-bond acceptors (Lipinski definition) is 4. The van der Waals surface area contributed by atoms with Crippen LogP contribution in [0.1, 0.15) is 24.2 Å². The number of nitrogens with zero attached hydrogens (tertiary/aromatic N) is 3. The summed E-state index contributed by atoms with van der Waals surface area (Å²) in [6.07, 6.45) is 0. The molecule has 24 heavy (non-hydrogen) atoms. The zero-order valence-electron chi connectivity index (χ0n) is 13.6. The molecule has 120 valence electrons. The summed E-state index contributed by atoms with van der Waals surface area (Å²) >= 11 is 1.62. The monoisotopic (exact) mass is 335 g/mol. The molecular weight excluding hydrogens is 318 g/mol. The van der Waals surface area contributed by atoms with Gasteiger partial charge in [0.2, 0.25) is 0 Å². The number of para-hydroxylation sites is 2. The van der Waals surface area contributed by atoms with Gasteiger partial charge in [-0.15, -0.1) is 11.3 Å². The highest BCUT2D eigenvalue weighted by Gasteiger charge is 2.15. The van der Waals surface area contributed by atoms with Crippen LogP contribution in [-0.4, -0.2) is 33.9 Å². The third-order valence-electron chi connectivity index (χ3n) is 4.28. The summed E-state index contributed by atoms with van der Waals surface area (Å²) in [7, 11) is 0. The molecule has 4 rings (SSSR count). The highest BCUT2D eigenvalue weighted by atomic mass is 32.1. The number of rotatable bonds is 3. The lowest BCUT2D eigenvalue weighted by atomic mass is 10.1. The maximum atomic E-state index is 12.6. The van der Waals surface area contributed by atoms with Crippen molar-refractivity contribution in [2.75, 3.05) is 13.1 Å². The lowest BCUT2D eigenvalue weighted by Crippen LogP contribution is -2.30. The van der Waals surface area contributed by atoms with E-state index in [4.69, 9.17) is 9.97 Å². The molecule has 0 aliphatic heterocycles. The molecule has 0 radical (unpaired) electrons. The topological polar surface area (TPSA) is 46.1 Å². The molecule has 2 heterocycles. The van der Waals surface area contributed by atoms with Gasteiger partial charge >= 0.3 is 0 Å². The molecule has 0 N–H and O–H groups in total. The van der Waals surface area contributed by atoms with E-state index in [1.807, 2.05) is 61.2 Å². The SMILES string of the molecule is CCN(CC)C(=O)c1ccc2sc3nc4ccccc4nc3c2c1. The van der Waals surface area contributed by atoms with Crippen molar-refractivity contribution < 1.29 is 4.79 Å². The first-order valence-corrected chi connectivity index (χ1v) is 8.91. The minimum Gasteiger partial charge on any atom is -0.339 e. The van der Waals surface area contributed by atoms with Crippen LogP contribution in [0.2, 0.25) is 0 Å². The molecule has 2 aromatic heterocycles. The third-order valence-corrected chi connectivity index (χ3v) is 5.33. The summed E-state index contributed by atoms with van der Waals surface area (Å²) in [4.78, 5) is 24.8. The molecule has 0 saturated heterocycles. The second-order valence-electron chi connectivity index (χ2n) is 5.66. The molecule has 4 nitrogen and oxygen atoms in total. The molecule has 2 aromatic carbocycles. The molecule has 0 spiro atoms. The number of fused-ring (bicyclic) bond motifs is 4. The Kier molecular flexibility index (Phi) is 3.65. The zero-order valence-corrected chi connectivity index (χ0v) is 14.4. The number of aromatic nitrogens is 2. The quantitative estimate of drug-likeness (QED) is 0.554. The fourth-order valence-corrected chi connectivity index (χ4v) is 3.97. The average molecular weight is 335 g/mol. The standard InChI is InChI=1S/C19H17N3OS/c1-3-22(4-2)19(23)12-9-10-16-13(11-12)17-18(24-16)21-15-8-6-5-7-14(15)20-17/h5-11H,3-4H2,1-2H3. The minimum absolute atomic E-state index is 0.0648. The fraction of sp³-hybridized carbons (Fsp3) is 0.211. The van der Waals surface area contributed by atoms with Gasteiger partial charge < -0.3 is 4.90 Å². The van der Waals surface area contributed by atoms with Gasteiger partial charge in [0, 0.05) is 28.7 Å². The Bertz CT molecular complexity index is 1070. The average Bonchev–Trinajstić information content (AvgIpc) is 2.97. The summed E-state index contributed by atoms with van der Waals surface area (Å²) < 4.78 is 1.11. The lowest BCUT2D eigenvalue weighted by Gasteiger charge is -2.18. The highest BCUT2D eigenvalue weighted by molar-refractivity contribution is 7.25. The van der Waals surface area contributed by atoms with Gasteiger partial charge in [0.25, 0.3) is 5.91 Å². The van der Waals surface area contributed by atoms with Crippen LogP contribution in [0.25, 0.3) is 31.5 Å². The van der Waals surface area contributed by atoms with E-state index >= 15 is 0 Å². The molecule has 0 fully saturated rings. The minimum atomic E-state index is 0.0648. The molecule has 0 saturated carbocycles. The number of thiophene rings is 1. The molecule has 1 amide bonds. The smallest absolute Gasteiger partial charge is 0.253 e. The second-order valence-corrected chi connectivity index (χ2v) is 6.69. The van der Waals surface area contributed by atoms with Crippen LogP contribution in [0.15, 0.2) is 42.5 Å². The van der Waals surface area contributed by atoms with Crippen LogP contribution in [0.5, 0.6) is 0 Å². The van der Waals surface area contributed by atoms with Crippen LogP contribution in [0.3, 0.4) is 0 Å². The summed E-state index contributed by atoms with van der Waals surface area (Å²) in [5.41, 5.74) is 3.37. The van der Waals surface area contributed by atoms with Crippen LogP contribution in [0.4, 0.5) is 0 Å². The van der Waals surface area contributed by atoms with Crippen molar-refractivity contribution >= 4 is 48.7 Å². The van der Waals surface area contributed by atoms with E-state index in [0.717, 1.165) is 31.5 Å². The van der Waals surface area contributed by atoms with E-state index < -0.39 is 0 Å². The Morgan fingerprint density at radius 2 is 1.75 bits per heavy atom. The second kappa shape index (κ2) is 5.83. The van der Waals surface area contributed by atoms with E-state index in [9.17, 15) is 4.79 Å². The van der Waals surface area contributed by atoms with Gasteiger partial charge in [0.05, 0.1) is 11.0 Å². The molecule has 5 heteroatoms. The Labute approximate surface area is 143 Å². The number of amides is 1. The van der Waals surface area contributed by atoms with Crippen molar-refractivity contribution in [2.24, 2.45) is 0 Å². The molecule has 4 aromatic rings. The van der Waals surface area contributed by atoms with Gasteiger partial charge in [-0.2, -0.15) is 0 Å². The largest absolute Gasteiger partial charge is 0.339 e. The van der Waals surface area contributed by atoms with Crippen molar-refractivity contribution in [1.29, 1.82) is 0 Å². The number of hydrogen-bond donors (Lipinski definition) is 0. The number of carbonyl (C=O) groups excluding carboxylic acids is 1. The van der Waals surface area contributed by atoms with E-state index in [2.05, 4.69) is 0 Å². The van der Waals surface area contributed by atoms with Gasteiger partial charge in [0.1, 0.15) is 10.3 Å². The molecule has 0 unspecified atom stereocenters. The lowest BCUT2D eigenvalue weighted by molar-refractivity contribution is 0.0773. The molecule has 0 aliphatic rings. The van der Waals surface area contributed by atoms with Gasteiger partial charge in [0.15, 0.2) is 0 Å². The Morgan fingerprint density at radius 1 is 1.04 bits per heavy atom. The summed E-state index contributed by atoms with van der Waals surface area (Å²) in [6, 6.07) is 13.7. The van der Waals surface area contributed by atoms with E-state index in [-0.39, 0.29) is 5.91 Å². The maximum absolute atomic E-state index is 12.6. The van der Waals surface area contributed by atoms with Crippen LogP contribution >= 0.6 is 11.3 Å². The van der Waals surface area contributed by atoms with Crippen LogP contribution < -0.4 is 0 Å². The number of carbonyl (C=O) groups is 1. The normalized spacial score (nSPS) is 11.4. The van der Waals surface area contributed by atoms with Crippen molar-refractivity contribution in [3.8, 4) is 0 Å². The first kappa shape index (κ1) is 15.0. The highest BCUT2D eigenvalue weighted by Crippen LogP contribution is 2.33. The van der Waals surface area contributed by atoms with Crippen LogP contribution in [0, 0.1) is 0 Å². The van der Waals surface area contributed by atoms with Gasteiger partial charge in [-0.05, 0) is 44.2 Å². The van der Waals surface area contributed by atoms with E-state index in [1.165, 1.54) is 0 Å². The molecular formula is C19H17N3OS. The predicted octanol–water partition coefficient (Wildman–Crippen LogP) is 4.48. The molecule has 0 bridgehead atoms.